The van der Waals surface area contributed by atoms with Crippen LogP contribution in [0.15, 0.2) is 30.6 Å². The summed E-state index contributed by atoms with van der Waals surface area (Å²) in [5, 5.41) is 3.82. The summed E-state index contributed by atoms with van der Waals surface area (Å²) in [6.45, 7) is 2.88. The third-order valence-corrected chi connectivity index (χ3v) is 4.10. The van der Waals surface area contributed by atoms with Gasteiger partial charge in [-0.2, -0.15) is 0 Å². The van der Waals surface area contributed by atoms with Crippen molar-refractivity contribution >= 4 is 35.3 Å². The van der Waals surface area contributed by atoms with Crippen LogP contribution < -0.4 is 15.0 Å². The van der Waals surface area contributed by atoms with Gasteiger partial charge >= 0.3 is 0 Å². The number of amides is 1. The van der Waals surface area contributed by atoms with Crippen LogP contribution in [0.4, 0.5) is 17.3 Å². The minimum absolute atomic E-state index is 0.609. The van der Waals surface area contributed by atoms with Crippen LogP contribution in [0.25, 0.3) is 0 Å². The van der Waals surface area contributed by atoms with Gasteiger partial charge in [-0.25, -0.2) is 9.97 Å². The standard InChI is InChI=1S/C16H18ClN5O2/c1-24-14-3-2-12(17)8-13(14)20-15-9-16(19-10-18-15)22-6-4-21(11-23)5-7-22/h2-3,8-11H,4-7H2,1H3,(H,18,19,20). The van der Waals surface area contributed by atoms with Crippen LogP contribution in [-0.2, 0) is 4.79 Å². The van der Waals surface area contributed by atoms with Crippen molar-refractivity contribution in [3.63, 3.8) is 0 Å². The molecule has 1 aromatic heterocycles. The molecule has 0 saturated carbocycles. The second kappa shape index (κ2) is 7.35. The molecule has 1 fully saturated rings. The normalized spacial score (nSPS) is 14.4. The van der Waals surface area contributed by atoms with E-state index >= 15 is 0 Å². The molecule has 2 aromatic rings. The van der Waals surface area contributed by atoms with Gasteiger partial charge in [0.2, 0.25) is 6.41 Å². The maximum atomic E-state index is 10.8. The number of nitrogens with zero attached hydrogens (tertiary/aromatic N) is 4. The SMILES string of the molecule is COc1ccc(Cl)cc1Nc1cc(N2CCN(C=O)CC2)ncn1. The van der Waals surface area contributed by atoms with Crippen LogP contribution in [0, 0.1) is 0 Å². The Morgan fingerprint density at radius 2 is 2.00 bits per heavy atom. The van der Waals surface area contributed by atoms with Crippen molar-refractivity contribution in [2.75, 3.05) is 43.5 Å². The van der Waals surface area contributed by atoms with Gasteiger partial charge in [-0.3, -0.25) is 4.79 Å². The maximum absolute atomic E-state index is 10.8. The second-order valence-electron chi connectivity index (χ2n) is 5.36. The molecule has 1 aliphatic rings. The number of rotatable bonds is 5. The Balaban J connectivity index is 1.76. The summed E-state index contributed by atoms with van der Waals surface area (Å²) in [5.74, 6) is 2.15. The summed E-state index contributed by atoms with van der Waals surface area (Å²) in [4.78, 5) is 23.3. The highest BCUT2D eigenvalue weighted by atomic mass is 35.5. The zero-order chi connectivity index (χ0) is 16.9. The van der Waals surface area contributed by atoms with Crippen LogP contribution in [0.2, 0.25) is 5.02 Å². The fourth-order valence-corrected chi connectivity index (χ4v) is 2.73. The highest BCUT2D eigenvalue weighted by Gasteiger charge is 2.17. The molecule has 8 heteroatoms. The molecule has 24 heavy (non-hydrogen) atoms. The molecule has 0 atom stereocenters. The van der Waals surface area contributed by atoms with Gasteiger partial charge in [0.25, 0.3) is 0 Å². The van der Waals surface area contributed by atoms with Gasteiger partial charge < -0.3 is 19.9 Å². The summed E-state index contributed by atoms with van der Waals surface area (Å²) in [5.41, 5.74) is 0.737. The highest BCUT2D eigenvalue weighted by molar-refractivity contribution is 6.31. The number of aromatic nitrogens is 2. The molecule has 0 aliphatic carbocycles. The van der Waals surface area contributed by atoms with Gasteiger partial charge in [0.1, 0.15) is 23.7 Å². The Kier molecular flexibility index (Phi) is 5.00. The van der Waals surface area contributed by atoms with Crippen molar-refractivity contribution in [2.45, 2.75) is 0 Å². The number of anilines is 3. The van der Waals surface area contributed by atoms with Crippen LogP contribution >= 0.6 is 11.6 Å². The van der Waals surface area contributed by atoms with E-state index in [1.165, 1.54) is 6.33 Å². The van der Waals surface area contributed by atoms with Gasteiger partial charge in [0.05, 0.1) is 12.8 Å². The summed E-state index contributed by atoms with van der Waals surface area (Å²) in [6.07, 6.45) is 2.40. The predicted molar refractivity (Wildman–Crippen MR) is 93.2 cm³/mol. The molecule has 0 spiro atoms. The lowest BCUT2D eigenvalue weighted by atomic mass is 10.3. The summed E-state index contributed by atoms with van der Waals surface area (Å²) >= 11 is 6.05. The van der Waals surface area contributed by atoms with Crippen molar-refractivity contribution in [1.82, 2.24) is 14.9 Å². The largest absolute Gasteiger partial charge is 0.495 e. The number of piperazine rings is 1. The fourth-order valence-electron chi connectivity index (χ4n) is 2.56. The lowest BCUT2D eigenvalue weighted by Crippen LogP contribution is -2.46. The molecular weight excluding hydrogens is 330 g/mol. The maximum Gasteiger partial charge on any atom is 0.209 e. The van der Waals surface area contributed by atoms with Crippen LogP contribution in [-0.4, -0.2) is 54.6 Å². The summed E-state index contributed by atoms with van der Waals surface area (Å²) in [7, 11) is 1.60. The van der Waals surface area contributed by atoms with Gasteiger partial charge in [-0.1, -0.05) is 11.6 Å². The molecule has 2 heterocycles. The number of carbonyl (C=O) groups is 1. The van der Waals surface area contributed by atoms with Crippen molar-refractivity contribution in [2.24, 2.45) is 0 Å². The van der Waals surface area contributed by atoms with E-state index in [0.29, 0.717) is 29.7 Å². The average Bonchev–Trinajstić information content (AvgIpc) is 2.62. The first-order chi connectivity index (χ1) is 11.7. The Morgan fingerprint density at radius 1 is 1.21 bits per heavy atom. The number of methoxy groups -OCH3 is 1. The number of ether oxygens (including phenoxy) is 1. The summed E-state index contributed by atoms with van der Waals surface area (Å²) in [6, 6.07) is 7.22. The van der Waals surface area contributed by atoms with E-state index < -0.39 is 0 Å². The molecule has 7 nitrogen and oxygen atoms in total. The van der Waals surface area contributed by atoms with Gasteiger partial charge in [0, 0.05) is 37.3 Å². The average molecular weight is 348 g/mol. The first-order valence-electron chi connectivity index (χ1n) is 7.56. The van der Waals surface area contributed by atoms with E-state index in [0.717, 1.165) is 31.0 Å². The van der Waals surface area contributed by atoms with E-state index in [-0.39, 0.29) is 0 Å². The molecule has 126 valence electrons. The lowest BCUT2D eigenvalue weighted by molar-refractivity contribution is -0.118. The van der Waals surface area contributed by atoms with E-state index in [1.807, 2.05) is 6.07 Å². The Hall–Kier alpha value is -2.54. The zero-order valence-electron chi connectivity index (χ0n) is 13.3. The van der Waals surface area contributed by atoms with Crippen molar-refractivity contribution < 1.29 is 9.53 Å². The third kappa shape index (κ3) is 3.68. The predicted octanol–water partition coefficient (Wildman–Crippen LogP) is 2.16. The topological polar surface area (TPSA) is 70.6 Å². The molecule has 0 bridgehead atoms. The molecule has 1 N–H and O–H groups in total. The summed E-state index contributed by atoms with van der Waals surface area (Å²) < 4.78 is 5.33. The molecule has 1 aromatic carbocycles. The zero-order valence-corrected chi connectivity index (χ0v) is 14.0. The smallest absolute Gasteiger partial charge is 0.209 e. The number of halogens is 1. The number of benzene rings is 1. The number of nitrogens with one attached hydrogen (secondary N) is 1. The Morgan fingerprint density at radius 3 is 2.71 bits per heavy atom. The molecule has 1 saturated heterocycles. The van der Waals surface area contributed by atoms with Crippen molar-refractivity contribution in [3.05, 3.63) is 35.6 Å². The van der Waals surface area contributed by atoms with E-state index in [9.17, 15) is 4.79 Å². The van der Waals surface area contributed by atoms with Crippen molar-refractivity contribution in [1.29, 1.82) is 0 Å². The molecule has 1 aliphatic heterocycles. The van der Waals surface area contributed by atoms with Gasteiger partial charge in [0.15, 0.2) is 0 Å². The van der Waals surface area contributed by atoms with E-state index in [4.69, 9.17) is 16.3 Å². The second-order valence-corrected chi connectivity index (χ2v) is 5.80. The van der Waals surface area contributed by atoms with Crippen molar-refractivity contribution in [3.8, 4) is 5.75 Å². The quantitative estimate of drug-likeness (QED) is 0.836. The molecule has 0 unspecified atom stereocenters. The number of hydrogen-bond donors (Lipinski definition) is 1. The molecule has 0 radical (unpaired) electrons. The highest BCUT2D eigenvalue weighted by Crippen LogP contribution is 2.30. The van der Waals surface area contributed by atoms with Crippen LogP contribution in [0.5, 0.6) is 5.75 Å². The molecule has 1 amide bonds. The Bertz CT molecular complexity index is 719. The minimum atomic E-state index is 0.609. The molecular formula is C16H18ClN5O2. The minimum Gasteiger partial charge on any atom is -0.495 e. The van der Waals surface area contributed by atoms with Gasteiger partial charge in [-0.05, 0) is 18.2 Å². The fraction of sp³-hybridized carbons (Fsp3) is 0.312. The number of hydrogen-bond acceptors (Lipinski definition) is 6. The van der Waals surface area contributed by atoms with Crippen LogP contribution in [0.1, 0.15) is 0 Å². The van der Waals surface area contributed by atoms with E-state index in [1.54, 1.807) is 30.2 Å². The first kappa shape index (κ1) is 16.3. The third-order valence-electron chi connectivity index (χ3n) is 3.86. The molecule has 3 rings (SSSR count). The van der Waals surface area contributed by atoms with Crippen LogP contribution in [0.3, 0.4) is 0 Å². The van der Waals surface area contributed by atoms with Gasteiger partial charge in [-0.15, -0.1) is 0 Å². The monoisotopic (exact) mass is 347 g/mol. The van der Waals surface area contributed by atoms with E-state index in [2.05, 4.69) is 20.2 Å². The lowest BCUT2D eigenvalue weighted by Gasteiger charge is -2.33. The first-order valence-corrected chi connectivity index (χ1v) is 7.94. The Labute approximate surface area is 145 Å². The number of carbonyl (C=O) groups excluding carboxylic acids is 1.